The van der Waals surface area contributed by atoms with Crippen LogP contribution >= 0.6 is 0 Å². The lowest BCUT2D eigenvalue weighted by Crippen LogP contribution is -2.14. The zero-order valence-electron chi connectivity index (χ0n) is 13.4. The summed E-state index contributed by atoms with van der Waals surface area (Å²) in [5, 5.41) is 10.7. The number of hydrogen-bond donors (Lipinski definition) is 1. The second-order valence-electron chi connectivity index (χ2n) is 6.61. The Morgan fingerprint density at radius 3 is 2.25 bits per heavy atom. The van der Waals surface area contributed by atoms with E-state index in [-0.39, 0.29) is 17.6 Å². The van der Waals surface area contributed by atoms with Crippen molar-refractivity contribution in [2.75, 3.05) is 0 Å². The van der Waals surface area contributed by atoms with Crippen molar-refractivity contribution in [3.63, 3.8) is 0 Å². The van der Waals surface area contributed by atoms with Gasteiger partial charge in [0, 0.05) is 12.3 Å². The first kappa shape index (κ1) is 15.0. The Kier molecular flexibility index (Phi) is 3.85. The Balaban J connectivity index is 1.66. The highest BCUT2D eigenvalue weighted by Crippen LogP contribution is 2.49. The van der Waals surface area contributed by atoms with Gasteiger partial charge >= 0.3 is 5.97 Å². The monoisotopic (exact) mass is 320 g/mol. The van der Waals surface area contributed by atoms with Crippen LogP contribution in [0.5, 0.6) is 0 Å². The quantitative estimate of drug-likeness (QED) is 0.841. The van der Waals surface area contributed by atoms with Gasteiger partial charge in [-0.3, -0.25) is 0 Å². The highest BCUT2D eigenvalue weighted by molar-refractivity contribution is 5.93. The number of carbonyl (C=O) groups excluding carboxylic acids is 1. The largest absolute Gasteiger partial charge is 0.508 e. The van der Waals surface area contributed by atoms with Crippen LogP contribution in [0.4, 0.5) is 0 Å². The van der Waals surface area contributed by atoms with Crippen LogP contribution in [0.3, 0.4) is 0 Å². The number of hydrogen-bond acceptors (Lipinski definition) is 3. The molecule has 0 bridgehead atoms. The lowest BCUT2D eigenvalue weighted by molar-refractivity contribution is -0.140. The third-order valence-electron chi connectivity index (χ3n) is 4.88. The van der Waals surface area contributed by atoms with E-state index in [1.54, 1.807) is 0 Å². The Morgan fingerprint density at radius 1 is 1.00 bits per heavy atom. The summed E-state index contributed by atoms with van der Waals surface area (Å²) in [6.45, 7) is 0. The molecule has 122 valence electrons. The summed E-state index contributed by atoms with van der Waals surface area (Å²) >= 11 is 0. The molecule has 2 atom stereocenters. The topological polar surface area (TPSA) is 46.5 Å². The Morgan fingerprint density at radius 2 is 1.62 bits per heavy atom. The summed E-state index contributed by atoms with van der Waals surface area (Å²) < 4.78 is 5.51. The van der Waals surface area contributed by atoms with E-state index in [9.17, 15) is 9.90 Å². The molecule has 1 aliphatic heterocycles. The van der Waals surface area contributed by atoms with Gasteiger partial charge in [0.1, 0.15) is 5.76 Å². The van der Waals surface area contributed by atoms with Gasteiger partial charge in [-0.05, 0) is 29.9 Å². The number of esters is 1. The van der Waals surface area contributed by atoms with Gasteiger partial charge in [-0.2, -0.15) is 0 Å². The molecule has 2 aromatic carbocycles. The molecule has 24 heavy (non-hydrogen) atoms. The fourth-order valence-corrected chi connectivity index (χ4v) is 3.54. The van der Waals surface area contributed by atoms with Crippen molar-refractivity contribution in [3.8, 4) is 0 Å². The van der Waals surface area contributed by atoms with Gasteiger partial charge in [0.2, 0.25) is 0 Å². The predicted octanol–water partition coefficient (Wildman–Crippen LogP) is 4.16. The Labute approximate surface area is 141 Å². The Hall–Kier alpha value is -2.55. The number of cyclic esters (lactones) is 1. The summed E-state index contributed by atoms with van der Waals surface area (Å²) in [6.07, 6.45) is 2.12. The van der Waals surface area contributed by atoms with E-state index in [4.69, 9.17) is 4.74 Å². The molecule has 3 nitrogen and oxygen atoms in total. The van der Waals surface area contributed by atoms with E-state index in [1.807, 2.05) is 60.7 Å². The number of aliphatic hydroxyl groups is 1. The smallest absolute Gasteiger partial charge is 0.338 e. The molecular formula is C21H20O3. The molecule has 1 heterocycles. The second kappa shape index (κ2) is 6.16. The van der Waals surface area contributed by atoms with Gasteiger partial charge in [0.25, 0.3) is 0 Å². The van der Waals surface area contributed by atoms with E-state index in [0.717, 1.165) is 24.0 Å². The first-order valence-corrected chi connectivity index (χ1v) is 8.47. The van der Waals surface area contributed by atoms with Crippen molar-refractivity contribution in [2.45, 2.75) is 31.3 Å². The van der Waals surface area contributed by atoms with Crippen LogP contribution in [0.25, 0.3) is 0 Å². The minimum atomic E-state index is -0.570. The van der Waals surface area contributed by atoms with Gasteiger partial charge in [-0.15, -0.1) is 0 Å². The van der Waals surface area contributed by atoms with E-state index in [1.165, 1.54) is 0 Å². The van der Waals surface area contributed by atoms with Crippen LogP contribution in [-0.4, -0.2) is 17.2 Å². The number of carbonyl (C=O) groups is 1. The molecule has 0 amide bonds. The van der Waals surface area contributed by atoms with Gasteiger partial charge < -0.3 is 9.84 Å². The van der Waals surface area contributed by atoms with Gasteiger partial charge in [-0.25, -0.2) is 4.79 Å². The summed E-state index contributed by atoms with van der Waals surface area (Å²) in [6, 6.07) is 19.8. The highest BCUT2D eigenvalue weighted by Gasteiger charge is 2.44. The zero-order valence-corrected chi connectivity index (χ0v) is 13.4. The summed E-state index contributed by atoms with van der Waals surface area (Å²) in [5.74, 6) is 0.117. The van der Waals surface area contributed by atoms with Crippen molar-refractivity contribution in [1.82, 2.24) is 0 Å². The minimum absolute atomic E-state index is 0.0560. The van der Waals surface area contributed by atoms with Crippen molar-refractivity contribution in [3.05, 3.63) is 83.1 Å². The minimum Gasteiger partial charge on any atom is -0.508 e. The molecule has 2 aliphatic rings. The first-order chi connectivity index (χ1) is 11.7. The number of ether oxygens (including phenoxy) is 1. The fourth-order valence-electron chi connectivity index (χ4n) is 3.54. The first-order valence-electron chi connectivity index (χ1n) is 8.47. The average molecular weight is 320 g/mol. The maximum absolute atomic E-state index is 12.5. The standard InChI is InChI=1S/C21H20O3/c22-20-17(13-14-7-3-1-4-8-14)24-21(23)19(20)18(16-11-12-16)15-9-5-2-6-10-15/h1-10,16-18,22H,11-13H2. The molecule has 1 fully saturated rings. The molecule has 0 saturated heterocycles. The molecule has 1 saturated carbocycles. The lowest BCUT2D eigenvalue weighted by atomic mass is 9.86. The van der Waals surface area contributed by atoms with Crippen molar-refractivity contribution >= 4 is 5.97 Å². The van der Waals surface area contributed by atoms with Crippen LogP contribution in [0.2, 0.25) is 0 Å². The SMILES string of the molecule is O=C1OC(Cc2ccccc2)C(O)=C1C(c1ccccc1)C1CC1. The molecule has 0 aromatic heterocycles. The van der Waals surface area contributed by atoms with E-state index < -0.39 is 6.10 Å². The number of aliphatic hydroxyl groups excluding tert-OH is 1. The van der Waals surface area contributed by atoms with Gasteiger partial charge in [0.05, 0.1) is 5.57 Å². The zero-order chi connectivity index (χ0) is 16.5. The number of benzene rings is 2. The van der Waals surface area contributed by atoms with Crippen molar-refractivity contribution in [2.24, 2.45) is 5.92 Å². The lowest BCUT2D eigenvalue weighted by Gasteiger charge is -2.16. The number of rotatable bonds is 5. The molecule has 1 N–H and O–H groups in total. The molecule has 1 aliphatic carbocycles. The van der Waals surface area contributed by atoms with E-state index in [0.29, 0.717) is 17.9 Å². The third-order valence-corrected chi connectivity index (χ3v) is 4.88. The normalized spacial score (nSPS) is 21.7. The fraction of sp³-hybridized carbons (Fsp3) is 0.286. The molecule has 2 unspecified atom stereocenters. The highest BCUT2D eigenvalue weighted by atomic mass is 16.6. The van der Waals surface area contributed by atoms with Crippen LogP contribution in [-0.2, 0) is 16.0 Å². The summed E-state index contributed by atoms with van der Waals surface area (Å²) in [4.78, 5) is 12.5. The molecular weight excluding hydrogens is 300 g/mol. The maximum Gasteiger partial charge on any atom is 0.338 e. The van der Waals surface area contributed by atoms with Gasteiger partial charge in [0.15, 0.2) is 6.10 Å². The van der Waals surface area contributed by atoms with Crippen LogP contribution in [0, 0.1) is 5.92 Å². The Bertz CT molecular complexity index is 760. The summed E-state index contributed by atoms with van der Waals surface area (Å²) in [5.41, 5.74) is 2.59. The molecule has 2 aromatic rings. The van der Waals surface area contributed by atoms with Crippen LogP contribution < -0.4 is 0 Å². The molecule has 4 rings (SSSR count). The van der Waals surface area contributed by atoms with E-state index >= 15 is 0 Å². The predicted molar refractivity (Wildman–Crippen MR) is 91.6 cm³/mol. The van der Waals surface area contributed by atoms with Crippen LogP contribution in [0.15, 0.2) is 72.0 Å². The van der Waals surface area contributed by atoms with E-state index in [2.05, 4.69) is 0 Å². The molecule has 0 spiro atoms. The molecule has 3 heteroatoms. The third kappa shape index (κ3) is 2.82. The summed E-state index contributed by atoms with van der Waals surface area (Å²) in [7, 11) is 0. The van der Waals surface area contributed by atoms with Crippen LogP contribution in [0.1, 0.15) is 29.9 Å². The second-order valence-corrected chi connectivity index (χ2v) is 6.61. The van der Waals surface area contributed by atoms with Crippen molar-refractivity contribution < 1.29 is 14.6 Å². The average Bonchev–Trinajstić information content (AvgIpc) is 3.40. The molecule has 0 radical (unpaired) electrons. The maximum atomic E-state index is 12.5. The van der Waals surface area contributed by atoms with Gasteiger partial charge in [-0.1, -0.05) is 60.7 Å². The van der Waals surface area contributed by atoms with Crippen molar-refractivity contribution in [1.29, 1.82) is 0 Å².